The van der Waals surface area contributed by atoms with Crippen LogP contribution in [0.4, 0.5) is 4.39 Å². The molecule has 0 radical (unpaired) electrons. The number of halogens is 2. The van der Waals surface area contributed by atoms with E-state index in [1.807, 2.05) is 0 Å². The number of benzene rings is 1. The topological polar surface area (TPSA) is 26.0 Å². The number of hydrogen-bond acceptors (Lipinski definition) is 1. The average molecular weight is 200 g/mol. The highest BCUT2D eigenvalue weighted by Gasteiger charge is 2.28. The van der Waals surface area contributed by atoms with E-state index in [0.717, 1.165) is 17.5 Å². The van der Waals surface area contributed by atoms with Gasteiger partial charge in [0.2, 0.25) is 0 Å². The zero-order valence-electron chi connectivity index (χ0n) is 7.35. The fourth-order valence-electron chi connectivity index (χ4n) is 1.89. The molecule has 3 heteroatoms. The lowest BCUT2D eigenvalue weighted by Gasteiger charge is -2.09. The van der Waals surface area contributed by atoms with E-state index in [2.05, 4.69) is 6.92 Å². The maximum absolute atomic E-state index is 13.0. The summed E-state index contributed by atoms with van der Waals surface area (Å²) in [5.41, 5.74) is 7.79. The molecule has 2 unspecified atom stereocenters. The van der Waals surface area contributed by atoms with Gasteiger partial charge in [-0.3, -0.25) is 0 Å². The highest BCUT2D eigenvalue weighted by molar-refractivity contribution is 6.31. The fraction of sp³-hybridized carbons (Fsp3) is 0.400. The molecule has 0 aromatic heterocycles. The quantitative estimate of drug-likeness (QED) is 0.683. The Hall–Kier alpha value is -0.600. The van der Waals surface area contributed by atoms with Crippen molar-refractivity contribution in [2.75, 3.05) is 0 Å². The molecular weight excluding hydrogens is 189 g/mol. The van der Waals surface area contributed by atoms with Crippen LogP contribution in [0.5, 0.6) is 0 Å². The summed E-state index contributed by atoms with van der Waals surface area (Å²) in [7, 11) is 0. The molecule has 0 aliphatic heterocycles. The van der Waals surface area contributed by atoms with E-state index >= 15 is 0 Å². The van der Waals surface area contributed by atoms with Gasteiger partial charge in [-0.05, 0) is 35.6 Å². The zero-order valence-corrected chi connectivity index (χ0v) is 8.11. The molecule has 1 aromatic carbocycles. The van der Waals surface area contributed by atoms with E-state index in [4.69, 9.17) is 17.3 Å². The fourth-order valence-corrected chi connectivity index (χ4v) is 2.18. The van der Waals surface area contributed by atoms with E-state index in [0.29, 0.717) is 10.9 Å². The minimum Gasteiger partial charge on any atom is -0.324 e. The second-order valence-corrected chi connectivity index (χ2v) is 4.07. The van der Waals surface area contributed by atoms with Gasteiger partial charge >= 0.3 is 0 Å². The Labute approximate surface area is 81.7 Å². The van der Waals surface area contributed by atoms with Crippen LogP contribution in [0.25, 0.3) is 0 Å². The maximum Gasteiger partial charge on any atom is 0.125 e. The predicted molar refractivity (Wildman–Crippen MR) is 51.2 cm³/mol. The minimum absolute atomic E-state index is 0.0665. The summed E-state index contributed by atoms with van der Waals surface area (Å²) < 4.78 is 13.0. The Bertz CT molecular complexity index is 351. The van der Waals surface area contributed by atoms with Gasteiger partial charge in [-0.1, -0.05) is 18.5 Å². The summed E-state index contributed by atoms with van der Waals surface area (Å²) >= 11 is 5.91. The van der Waals surface area contributed by atoms with Crippen molar-refractivity contribution in [2.24, 2.45) is 11.7 Å². The number of fused-ring (bicyclic) bond motifs is 1. The lowest BCUT2D eigenvalue weighted by molar-refractivity contribution is 0.511. The summed E-state index contributed by atoms with van der Waals surface area (Å²) in [5.74, 6) is 0.0580. The highest BCUT2D eigenvalue weighted by Crippen LogP contribution is 2.38. The first-order chi connectivity index (χ1) is 6.09. The van der Waals surface area contributed by atoms with Crippen LogP contribution in [-0.2, 0) is 6.42 Å². The second-order valence-electron chi connectivity index (χ2n) is 3.66. The monoisotopic (exact) mass is 199 g/mol. The van der Waals surface area contributed by atoms with E-state index in [9.17, 15) is 4.39 Å². The van der Waals surface area contributed by atoms with Gasteiger partial charge in [0, 0.05) is 11.1 Å². The molecule has 0 saturated heterocycles. The summed E-state index contributed by atoms with van der Waals surface area (Å²) in [6, 6.07) is 2.78. The number of rotatable bonds is 0. The second kappa shape index (κ2) is 2.96. The van der Waals surface area contributed by atoms with Crippen molar-refractivity contribution in [1.82, 2.24) is 0 Å². The van der Waals surface area contributed by atoms with Gasteiger partial charge in [0.15, 0.2) is 0 Å². The summed E-state index contributed by atoms with van der Waals surface area (Å²) in [6.07, 6.45) is 0.857. The first kappa shape index (κ1) is 8.97. The smallest absolute Gasteiger partial charge is 0.125 e. The van der Waals surface area contributed by atoms with Crippen molar-refractivity contribution >= 4 is 11.6 Å². The molecule has 70 valence electrons. The largest absolute Gasteiger partial charge is 0.324 e. The van der Waals surface area contributed by atoms with Crippen LogP contribution in [0.3, 0.4) is 0 Å². The molecule has 1 aliphatic rings. The predicted octanol–water partition coefficient (Wildman–Crippen LogP) is 2.67. The van der Waals surface area contributed by atoms with Crippen molar-refractivity contribution in [2.45, 2.75) is 19.4 Å². The van der Waals surface area contributed by atoms with E-state index in [-0.39, 0.29) is 11.9 Å². The Kier molecular flexibility index (Phi) is 2.05. The van der Waals surface area contributed by atoms with Crippen LogP contribution >= 0.6 is 11.6 Å². The third-order valence-corrected chi connectivity index (χ3v) is 3.03. The minimum atomic E-state index is -0.298. The first-order valence-electron chi connectivity index (χ1n) is 4.33. The van der Waals surface area contributed by atoms with Gasteiger partial charge in [0.1, 0.15) is 5.82 Å². The normalized spacial score (nSPS) is 26.2. The molecule has 1 nitrogen and oxygen atoms in total. The van der Waals surface area contributed by atoms with E-state index in [1.54, 1.807) is 0 Å². The lowest BCUT2D eigenvalue weighted by Crippen LogP contribution is -2.13. The molecule has 0 bridgehead atoms. The van der Waals surface area contributed by atoms with E-state index < -0.39 is 0 Å². The third-order valence-electron chi connectivity index (χ3n) is 2.69. The molecular formula is C10H11ClFN. The summed E-state index contributed by atoms with van der Waals surface area (Å²) in [6.45, 7) is 2.05. The Balaban J connectivity index is 2.57. The van der Waals surface area contributed by atoms with Crippen LogP contribution in [-0.4, -0.2) is 0 Å². The Morgan fingerprint density at radius 1 is 1.54 bits per heavy atom. The van der Waals surface area contributed by atoms with Crippen molar-refractivity contribution in [3.8, 4) is 0 Å². The number of hydrogen-bond donors (Lipinski definition) is 1. The van der Waals surface area contributed by atoms with Gasteiger partial charge < -0.3 is 5.73 Å². The van der Waals surface area contributed by atoms with Gasteiger partial charge in [0.25, 0.3) is 0 Å². The van der Waals surface area contributed by atoms with Crippen molar-refractivity contribution < 1.29 is 4.39 Å². The van der Waals surface area contributed by atoms with Crippen LogP contribution in [0, 0.1) is 11.7 Å². The number of nitrogens with two attached hydrogens (primary N) is 1. The molecule has 2 rings (SSSR count). The molecule has 13 heavy (non-hydrogen) atoms. The molecule has 2 N–H and O–H groups in total. The average Bonchev–Trinajstić information content (AvgIpc) is 2.32. The molecule has 2 atom stereocenters. The first-order valence-corrected chi connectivity index (χ1v) is 4.71. The molecule has 0 spiro atoms. The highest BCUT2D eigenvalue weighted by atomic mass is 35.5. The van der Waals surface area contributed by atoms with Crippen molar-refractivity contribution in [3.05, 3.63) is 34.1 Å². The van der Waals surface area contributed by atoms with Gasteiger partial charge in [-0.15, -0.1) is 0 Å². The molecule has 0 saturated carbocycles. The van der Waals surface area contributed by atoms with E-state index in [1.165, 1.54) is 12.1 Å². The molecule has 0 amide bonds. The SMILES string of the molecule is CC1Cc2c(Cl)cc(F)cc2C1N. The van der Waals surface area contributed by atoms with Crippen LogP contribution in [0.15, 0.2) is 12.1 Å². The van der Waals surface area contributed by atoms with Gasteiger partial charge in [-0.25, -0.2) is 4.39 Å². The summed E-state index contributed by atoms with van der Waals surface area (Å²) in [5, 5.41) is 0.509. The molecule has 0 fully saturated rings. The molecule has 0 heterocycles. The van der Waals surface area contributed by atoms with Gasteiger partial charge in [0.05, 0.1) is 0 Å². The maximum atomic E-state index is 13.0. The van der Waals surface area contributed by atoms with Crippen LogP contribution in [0.1, 0.15) is 24.1 Å². The zero-order chi connectivity index (χ0) is 9.59. The lowest BCUT2D eigenvalue weighted by atomic mass is 10.0. The van der Waals surface area contributed by atoms with Crippen LogP contribution < -0.4 is 5.73 Å². The molecule has 1 aromatic rings. The summed E-state index contributed by atoms with van der Waals surface area (Å²) in [4.78, 5) is 0. The van der Waals surface area contributed by atoms with Crippen molar-refractivity contribution in [3.63, 3.8) is 0 Å². The Morgan fingerprint density at radius 3 is 2.92 bits per heavy atom. The van der Waals surface area contributed by atoms with Crippen molar-refractivity contribution in [1.29, 1.82) is 0 Å². The molecule has 1 aliphatic carbocycles. The van der Waals surface area contributed by atoms with Gasteiger partial charge in [-0.2, -0.15) is 0 Å². The third kappa shape index (κ3) is 1.34. The van der Waals surface area contributed by atoms with Crippen LogP contribution in [0.2, 0.25) is 5.02 Å². The Morgan fingerprint density at radius 2 is 2.23 bits per heavy atom. The standard InChI is InChI=1S/C10H11ClFN/c1-5-2-7-8(10(5)13)3-6(12)4-9(7)11/h3-5,10H,2,13H2,1H3.